The number of thioether (sulfide) groups is 1. The Labute approximate surface area is 180 Å². The van der Waals surface area contributed by atoms with Crippen molar-refractivity contribution in [2.24, 2.45) is 0 Å². The minimum absolute atomic E-state index is 0.200. The number of hydrogen-bond donors (Lipinski definition) is 0. The van der Waals surface area contributed by atoms with Crippen LogP contribution in [0.3, 0.4) is 0 Å². The van der Waals surface area contributed by atoms with E-state index >= 15 is 0 Å². The third-order valence-electron chi connectivity index (χ3n) is 3.75. The Balaban J connectivity index is 2.04. The van der Waals surface area contributed by atoms with Gasteiger partial charge in [-0.15, -0.1) is 0 Å². The third-order valence-corrected chi connectivity index (χ3v) is 5.28. The molecule has 1 aliphatic heterocycles. The molecule has 10 heteroatoms. The van der Waals surface area contributed by atoms with E-state index in [-0.39, 0.29) is 18.1 Å². The van der Waals surface area contributed by atoms with Gasteiger partial charge in [0.1, 0.15) is 12.3 Å². The molecule has 0 unspecified atom stereocenters. The van der Waals surface area contributed by atoms with Crippen molar-refractivity contribution in [2.75, 3.05) is 26.9 Å². The molecule has 1 heterocycles. The zero-order chi connectivity index (χ0) is 21.4. The van der Waals surface area contributed by atoms with E-state index in [0.717, 1.165) is 29.5 Å². The Morgan fingerprint density at radius 1 is 1.24 bits per heavy atom. The van der Waals surface area contributed by atoms with E-state index in [0.29, 0.717) is 15.8 Å². The molecule has 2 amide bonds. The first-order valence-corrected chi connectivity index (χ1v) is 10.4. The van der Waals surface area contributed by atoms with Gasteiger partial charge >= 0.3 is 11.9 Å². The van der Waals surface area contributed by atoms with Gasteiger partial charge in [0.15, 0.2) is 6.61 Å². The highest BCUT2D eigenvalue weighted by Gasteiger charge is 2.36. The lowest BCUT2D eigenvalue weighted by Crippen LogP contribution is -2.34. The lowest BCUT2D eigenvalue weighted by atomic mass is 10.2. The summed E-state index contributed by atoms with van der Waals surface area (Å²) < 4.78 is 15.4. The summed E-state index contributed by atoms with van der Waals surface area (Å²) >= 11 is 4.09. The van der Waals surface area contributed by atoms with Gasteiger partial charge in [-0.2, -0.15) is 0 Å². The number of esters is 2. The van der Waals surface area contributed by atoms with Crippen LogP contribution < -0.4 is 4.74 Å². The molecule has 8 nitrogen and oxygen atoms in total. The maximum atomic E-state index is 12.5. The number of halogens is 1. The first kappa shape index (κ1) is 23.0. The summed E-state index contributed by atoms with van der Waals surface area (Å²) in [6.45, 7) is 1.59. The van der Waals surface area contributed by atoms with Crippen LogP contribution in [0.1, 0.15) is 25.3 Å². The first-order chi connectivity index (χ1) is 13.8. The number of carbonyl (C=O) groups excluding carboxylic acids is 4. The molecular weight excluding hydrogens is 466 g/mol. The van der Waals surface area contributed by atoms with Crippen LogP contribution in [-0.2, 0) is 23.9 Å². The predicted octanol–water partition coefficient (Wildman–Crippen LogP) is 3.38. The average molecular weight is 486 g/mol. The summed E-state index contributed by atoms with van der Waals surface area (Å²) in [5.41, 5.74) is 0.637. The molecule has 156 valence electrons. The van der Waals surface area contributed by atoms with E-state index in [4.69, 9.17) is 9.47 Å². The van der Waals surface area contributed by atoms with Gasteiger partial charge in [-0.3, -0.25) is 19.3 Å². The number of nitrogens with zero attached hydrogens (tertiary/aromatic N) is 1. The van der Waals surface area contributed by atoms with E-state index in [1.807, 2.05) is 6.92 Å². The molecule has 29 heavy (non-hydrogen) atoms. The number of hydrogen-bond acceptors (Lipinski definition) is 8. The fourth-order valence-electron chi connectivity index (χ4n) is 2.21. The van der Waals surface area contributed by atoms with Gasteiger partial charge in [0.25, 0.3) is 11.1 Å². The summed E-state index contributed by atoms with van der Waals surface area (Å²) in [5, 5.41) is -0.522. The highest BCUT2D eigenvalue weighted by atomic mass is 79.9. The molecule has 0 radical (unpaired) electrons. The predicted molar refractivity (Wildman–Crippen MR) is 110 cm³/mol. The lowest BCUT2D eigenvalue weighted by molar-refractivity contribution is -0.146. The molecule has 1 aromatic rings. The Hall–Kier alpha value is -2.33. The minimum atomic E-state index is -0.614. The number of rotatable bonds is 9. The Bertz CT molecular complexity index is 840. The molecule has 1 aromatic carbocycles. The molecule has 0 saturated carbocycles. The molecule has 2 rings (SSSR count). The number of benzene rings is 1. The Morgan fingerprint density at radius 2 is 2.00 bits per heavy atom. The minimum Gasteiger partial charge on any atom is -0.481 e. The maximum absolute atomic E-state index is 12.5. The second kappa shape index (κ2) is 11.0. The molecule has 0 N–H and O–H groups in total. The Morgan fingerprint density at radius 3 is 2.66 bits per heavy atom. The van der Waals surface area contributed by atoms with Crippen LogP contribution in [0.25, 0.3) is 6.08 Å². The molecule has 0 spiro atoms. The highest BCUT2D eigenvalue weighted by Crippen LogP contribution is 2.33. The van der Waals surface area contributed by atoms with Crippen molar-refractivity contribution >= 4 is 56.9 Å². The number of ether oxygens (including phenoxy) is 3. The molecule has 0 aliphatic carbocycles. The number of imide groups is 1. The van der Waals surface area contributed by atoms with E-state index in [1.54, 1.807) is 24.3 Å². The summed E-state index contributed by atoms with van der Waals surface area (Å²) in [7, 11) is 1.27. The van der Waals surface area contributed by atoms with Gasteiger partial charge in [0.05, 0.1) is 23.1 Å². The van der Waals surface area contributed by atoms with Gasteiger partial charge in [-0.1, -0.05) is 19.4 Å². The summed E-state index contributed by atoms with van der Waals surface area (Å²) in [6, 6.07) is 4.97. The van der Waals surface area contributed by atoms with Crippen molar-refractivity contribution < 1.29 is 33.4 Å². The summed E-state index contributed by atoms with van der Waals surface area (Å²) in [4.78, 5) is 48.6. The first-order valence-electron chi connectivity index (χ1n) is 8.75. The zero-order valence-electron chi connectivity index (χ0n) is 15.9. The summed E-state index contributed by atoms with van der Waals surface area (Å²) in [5.74, 6) is -1.25. The molecule has 0 atom stereocenters. The number of amides is 2. The van der Waals surface area contributed by atoms with Gasteiger partial charge in [0.2, 0.25) is 0 Å². The van der Waals surface area contributed by atoms with Crippen molar-refractivity contribution in [3.8, 4) is 5.75 Å². The fourth-order valence-corrected chi connectivity index (χ4v) is 3.56. The van der Waals surface area contributed by atoms with Gasteiger partial charge in [0, 0.05) is 0 Å². The number of carbonyl (C=O) groups is 4. The van der Waals surface area contributed by atoms with Crippen molar-refractivity contribution in [3.05, 3.63) is 33.1 Å². The smallest absolute Gasteiger partial charge is 0.343 e. The number of unbranched alkanes of at least 4 members (excludes halogenated alkanes) is 1. The molecule has 1 aliphatic rings. The maximum Gasteiger partial charge on any atom is 0.343 e. The second-order valence-electron chi connectivity index (χ2n) is 5.90. The van der Waals surface area contributed by atoms with E-state index < -0.39 is 29.6 Å². The molecule has 0 bridgehead atoms. The van der Waals surface area contributed by atoms with Crippen molar-refractivity contribution in [3.63, 3.8) is 0 Å². The van der Waals surface area contributed by atoms with Gasteiger partial charge in [-0.25, -0.2) is 4.79 Å². The SMILES string of the molecule is CCCCOC(=O)CN1C(=O)S/C(=C/c2ccc(OCC(=O)OC)c(Br)c2)C1=O. The summed E-state index contributed by atoms with van der Waals surface area (Å²) in [6.07, 6.45) is 3.14. The Kier molecular flexibility index (Phi) is 8.71. The topological polar surface area (TPSA) is 99.2 Å². The van der Waals surface area contributed by atoms with E-state index in [9.17, 15) is 19.2 Å². The van der Waals surface area contributed by atoms with Gasteiger partial charge < -0.3 is 14.2 Å². The van der Waals surface area contributed by atoms with E-state index in [2.05, 4.69) is 20.7 Å². The van der Waals surface area contributed by atoms with Crippen molar-refractivity contribution in [1.29, 1.82) is 0 Å². The zero-order valence-corrected chi connectivity index (χ0v) is 18.3. The largest absolute Gasteiger partial charge is 0.481 e. The van der Waals surface area contributed by atoms with Crippen LogP contribution in [-0.4, -0.2) is 54.9 Å². The van der Waals surface area contributed by atoms with E-state index in [1.165, 1.54) is 7.11 Å². The molecular formula is C19H20BrNO7S. The van der Waals surface area contributed by atoms with Crippen LogP contribution in [0.4, 0.5) is 4.79 Å². The molecule has 1 saturated heterocycles. The molecule has 1 fully saturated rings. The third kappa shape index (κ3) is 6.60. The van der Waals surface area contributed by atoms with Crippen LogP contribution in [0.5, 0.6) is 5.75 Å². The van der Waals surface area contributed by atoms with Crippen LogP contribution in [0.2, 0.25) is 0 Å². The van der Waals surface area contributed by atoms with Crippen LogP contribution in [0, 0.1) is 0 Å². The normalized spacial score (nSPS) is 15.0. The van der Waals surface area contributed by atoms with Crippen LogP contribution >= 0.6 is 27.7 Å². The average Bonchev–Trinajstić information content (AvgIpc) is 2.94. The highest BCUT2D eigenvalue weighted by molar-refractivity contribution is 9.10. The quantitative estimate of drug-likeness (QED) is 0.298. The van der Waals surface area contributed by atoms with Crippen LogP contribution in [0.15, 0.2) is 27.6 Å². The van der Waals surface area contributed by atoms with Gasteiger partial charge in [-0.05, 0) is 57.9 Å². The lowest BCUT2D eigenvalue weighted by Gasteiger charge is -2.11. The van der Waals surface area contributed by atoms with Crippen molar-refractivity contribution in [2.45, 2.75) is 19.8 Å². The molecule has 0 aromatic heterocycles. The van der Waals surface area contributed by atoms with Crippen molar-refractivity contribution in [1.82, 2.24) is 4.90 Å². The second-order valence-corrected chi connectivity index (χ2v) is 7.74. The standard InChI is InChI=1S/C19H20BrNO7S/c1-3-4-7-27-16(22)10-21-18(24)15(29-19(21)25)9-12-5-6-14(13(20)8-12)28-11-17(23)26-2/h5-6,8-9H,3-4,7,10-11H2,1-2H3/b15-9+. The monoisotopic (exact) mass is 485 g/mol. The number of methoxy groups -OCH3 is 1. The fraction of sp³-hybridized carbons (Fsp3) is 0.368.